The minimum Gasteiger partial charge on any atom is -0.455 e. The van der Waals surface area contributed by atoms with Gasteiger partial charge >= 0.3 is 30.2 Å². The third-order valence-electron chi connectivity index (χ3n) is 15.9. The van der Waals surface area contributed by atoms with Crippen LogP contribution in [-0.2, 0) is 56.8 Å². The first kappa shape index (κ1) is 58.8. The number of aliphatic hydroxyl groups excluding tert-OH is 1. The molecule has 0 unspecified atom stereocenters. The van der Waals surface area contributed by atoms with E-state index in [1.807, 2.05) is 20.8 Å². The smallest absolute Gasteiger partial charge is 0.455 e. The van der Waals surface area contributed by atoms with Crippen LogP contribution in [0.2, 0.25) is 18.1 Å². The van der Waals surface area contributed by atoms with E-state index in [1.54, 1.807) is 98.7 Å². The first-order valence-electron chi connectivity index (χ1n) is 25.9. The SMILES string of the molecule is CC[Si](CC)(CC)O[C@H]1C[C@H]2OC[C@@]2(OC(C)=O)[C@H]2[C@H](O)[C@]3(O)C[C@H](OC(=O)[C@H](OC(=O)OC(C)(C)C)[C@H](c4ccccc4)N(C(=O)OC(C)(C)C)C(=O)c4ccccc4)C(C)=C([C@@H](OC(C)=O)C(=O)[C@]12C)C3(C)C. The highest BCUT2D eigenvalue weighted by Crippen LogP contribution is 2.64. The van der Waals surface area contributed by atoms with Gasteiger partial charge in [-0.2, -0.15) is 0 Å². The highest BCUT2D eigenvalue weighted by molar-refractivity contribution is 6.73. The zero-order valence-corrected chi connectivity index (χ0v) is 47.1. The summed E-state index contributed by atoms with van der Waals surface area (Å²) in [5, 5.41) is 27.2. The monoisotopic (exact) mass is 1060 g/mol. The Hall–Kier alpha value is -5.47. The topological polar surface area (TPSA) is 237 Å². The number of carbonyl (C=O) groups excluding carboxylic acids is 7. The summed E-state index contributed by atoms with van der Waals surface area (Å²) in [6.07, 6.45) is -12.7. The number of imide groups is 1. The summed E-state index contributed by atoms with van der Waals surface area (Å²) in [4.78, 5) is 102. The average molecular weight is 1060 g/mol. The number of carbonyl (C=O) groups is 7. The van der Waals surface area contributed by atoms with Gasteiger partial charge in [0.2, 0.25) is 6.10 Å². The molecule has 412 valence electrons. The van der Waals surface area contributed by atoms with E-state index < -0.39 is 138 Å². The summed E-state index contributed by atoms with van der Waals surface area (Å²) >= 11 is 0. The van der Waals surface area contributed by atoms with Crippen LogP contribution in [-0.4, -0.2) is 131 Å². The zero-order valence-electron chi connectivity index (χ0n) is 46.1. The summed E-state index contributed by atoms with van der Waals surface area (Å²) < 4.78 is 49.3. The fourth-order valence-electron chi connectivity index (χ4n) is 11.9. The van der Waals surface area contributed by atoms with E-state index in [2.05, 4.69) is 0 Å². The van der Waals surface area contributed by atoms with Crippen molar-refractivity contribution in [1.29, 1.82) is 0 Å². The van der Waals surface area contributed by atoms with Gasteiger partial charge in [0.25, 0.3) is 5.91 Å². The molecule has 75 heavy (non-hydrogen) atoms. The van der Waals surface area contributed by atoms with Crippen molar-refractivity contribution >= 4 is 50.2 Å². The molecular weight excluding hydrogens is 987 g/mol. The normalized spacial score (nSPS) is 29.1. The molecule has 2 aromatic rings. The molecule has 2 amide bonds. The molecule has 2 saturated carbocycles. The Labute approximate surface area is 441 Å². The summed E-state index contributed by atoms with van der Waals surface area (Å²) in [5.41, 5.74) is -9.79. The van der Waals surface area contributed by atoms with Crippen LogP contribution in [0.1, 0.15) is 139 Å². The van der Waals surface area contributed by atoms with Crippen LogP contribution < -0.4 is 0 Å². The fourth-order valence-corrected chi connectivity index (χ4v) is 14.8. The number of ketones is 1. The maximum atomic E-state index is 16.2. The fraction of sp³-hybridized carbons (Fsp3) is 0.625. The first-order valence-corrected chi connectivity index (χ1v) is 28.4. The van der Waals surface area contributed by atoms with Crippen LogP contribution >= 0.6 is 0 Å². The minimum absolute atomic E-state index is 0.00129. The van der Waals surface area contributed by atoms with Crippen LogP contribution in [0.3, 0.4) is 0 Å². The third kappa shape index (κ3) is 11.1. The molecule has 2 N–H and O–H groups in total. The van der Waals surface area contributed by atoms with Crippen molar-refractivity contribution in [1.82, 2.24) is 4.90 Å². The molecule has 2 aromatic carbocycles. The number of ether oxygens (including phenoxy) is 7. The molecule has 1 saturated heterocycles. The molecule has 3 aliphatic carbocycles. The lowest BCUT2D eigenvalue weighted by Gasteiger charge is -2.68. The number of amides is 2. The maximum absolute atomic E-state index is 16.2. The van der Waals surface area contributed by atoms with Gasteiger partial charge in [-0.25, -0.2) is 19.3 Å². The second-order valence-corrected chi connectivity index (χ2v) is 27.9. The molecule has 19 heteroatoms. The second-order valence-electron chi connectivity index (χ2n) is 23.1. The summed E-state index contributed by atoms with van der Waals surface area (Å²) in [5.74, 6) is -6.12. The van der Waals surface area contributed by atoms with Crippen molar-refractivity contribution in [3.8, 4) is 0 Å². The zero-order chi connectivity index (χ0) is 56.0. The van der Waals surface area contributed by atoms with Gasteiger partial charge in [0.15, 0.2) is 25.8 Å². The van der Waals surface area contributed by atoms with E-state index in [0.717, 1.165) is 6.92 Å². The van der Waals surface area contributed by atoms with Gasteiger partial charge < -0.3 is 47.8 Å². The van der Waals surface area contributed by atoms with Crippen LogP contribution in [0.15, 0.2) is 71.8 Å². The molecule has 3 fully saturated rings. The standard InChI is InChI=1S/C56H77NO17Si/c1-16-75(17-2,18-3)74-38-29-39-55(31-67-39,71-34(6)59)44-46(61)56(66)30-37(32(4)40(53(56,13)14)42(68-33(5)58)45(60)54(38,44)15)69-48(63)43(70-50(65)73-52(10,11)12)41(35-25-21-19-22-26-35)57(49(64)72-51(7,8)9)47(62)36-27-23-20-24-28-36/h19-28,37-39,41-44,46,61,66H,16-18,29-31H2,1-15H3/t37-,38-,39+,41-,42+,43+,44-,46-,54+,55-,56+/m0/s1. The number of esters is 3. The van der Waals surface area contributed by atoms with Gasteiger partial charge in [0.05, 0.1) is 24.2 Å². The third-order valence-corrected chi connectivity index (χ3v) is 20.6. The summed E-state index contributed by atoms with van der Waals surface area (Å²) in [7, 11) is -2.62. The Morgan fingerprint density at radius 3 is 1.88 bits per heavy atom. The molecule has 1 heterocycles. The van der Waals surface area contributed by atoms with Crippen molar-refractivity contribution in [2.24, 2.45) is 16.7 Å². The van der Waals surface area contributed by atoms with E-state index in [4.69, 9.17) is 37.6 Å². The van der Waals surface area contributed by atoms with Crippen molar-refractivity contribution in [2.75, 3.05) is 6.61 Å². The van der Waals surface area contributed by atoms with Crippen molar-refractivity contribution in [3.05, 3.63) is 82.9 Å². The Kier molecular flexibility index (Phi) is 16.9. The molecule has 18 nitrogen and oxygen atoms in total. The number of hydrogen-bond donors (Lipinski definition) is 2. The average Bonchev–Trinajstić information content (AvgIpc) is 3.31. The van der Waals surface area contributed by atoms with Crippen molar-refractivity contribution in [2.45, 2.75) is 200 Å². The number of nitrogens with zero attached hydrogens (tertiary/aromatic N) is 1. The van der Waals surface area contributed by atoms with Crippen molar-refractivity contribution in [3.63, 3.8) is 0 Å². The van der Waals surface area contributed by atoms with Gasteiger partial charge in [-0.3, -0.25) is 19.2 Å². The van der Waals surface area contributed by atoms with Gasteiger partial charge in [-0.15, -0.1) is 0 Å². The predicted octanol–water partition coefficient (Wildman–Crippen LogP) is 8.51. The lowest BCUT2D eigenvalue weighted by Crippen LogP contribution is -2.82. The largest absolute Gasteiger partial charge is 0.509 e. The van der Waals surface area contributed by atoms with Gasteiger partial charge in [0.1, 0.15) is 35.1 Å². The van der Waals surface area contributed by atoms with Gasteiger partial charge in [-0.1, -0.05) is 83.1 Å². The van der Waals surface area contributed by atoms with Crippen LogP contribution in [0.4, 0.5) is 9.59 Å². The van der Waals surface area contributed by atoms with E-state index in [1.165, 1.54) is 38.1 Å². The molecular formula is C56H77NO17Si. The molecule has 1 aliphatic heterocycles. The lowest BCUT2D eigenvalue weighted by molar-refractivity contribution is -0.345. The van der Waals surface area contributed by atoms with E-state index in [-0.39, 0.29) is 35.3 Å². The highest BCUT2D eigenvalue weighted by Gasteiger charge is 2.78. The number of fused-ring (bicyclic) bond motifs is 5. The Morgan fingerprint density at radius 1 is 0.827 bits per heavy atom. The quantitative estimate of drug-likeness (QED) is 0.0780. The van der Waals surface area contributed by atoms with Gasteiger partial charge in [0, 0.05) is 43.6 Å². The minimum atomic E-state index is -2.62. The molecule has 6 rings (SSSR count). The van der Waals surface area contributed by atoms with Crippen LogP contribution in [0.25, 0.3) is 0 Å². The van der Waals surface area contributed by atoms with Crippen LogP contribution in [0, 0.1) is 16.7 Å². The van der Waals surface area contributed by atoms with E-state index >= 15 is 9.59 Å². The van der Waals surface area contributed by atoms with Crippen molar-refractivity contribution < 1.29 is 81.4 Å². The maximum Gasteiger partial charge on any atom is 0.509 e. The number of rotatable bonds is 14. The molecule has 0 aromatic heterocycles. The molecule has 4 aliphatic rings. The van der Waals surface area contributed by atoms with E-state index in [0.29, 0.717) is 23.0 Å². The molecule has 0 radical (unpaired) electrons. The second kappa shape index (κ2) is 21.5. The Morgan fingerprint density at radius 2 is 1.39 bits per heavy atom. The predicted molar refractivity (Wildman–Crippen MR) is 274 cm³/mol. The summed E-state index contributed by atoms with van der Waals surface area (Å²) in [6.45, 7) is 23.8. The van der Waals surface area contributed by atoms with Crippen LogP contribution in [0.5, 0.6) is 0 Å². The molecule has 11 atom stereocenters. The number of Topliss-reactive ketones (excluding diaryl/α,β-unsaturated/α-hetero) is 1. The first-order chi connectivity index (χ1) is 34.8. The molecule has 0 spiro atoms. The Balaban J connectivity index is 1.60. The van der Waals surface area contributed by atoms with Gasteiger partial charge in [-0.05, 0) is 102 Å². The van der Waals surface area contributed by atoms with E-state index in [9.17, 15) is 34.2 Å². The summed E-state index contributed by atoms with van der Waals surface area (Å²) in [6, 6.07) is 15.7. The lowest BCUT2D eigenvalue weighted by atomic mass is 9.44. The number of aliphatic hydroxyl groups is 2. The highest BCUT2D eigenvalue weighted by atomic mass is 28.4. The Bertz CT molecular complexity index is 2520. The number of hydrogen-bond acceptors (Lipinski definition) is 17. The molecule has 2 bridgehead atoms. The number of benzene rings is 2.